The van der Waals surface area contributed by atoms with E-state index in [4.69, 9.17) is 16.3 Å². The maximum atomic E-state index is 6.20. The lowest BCUT2D eigenvalue weighted by atomic mass is 10.0. The lowest BCUT2D eigenvalue weighted by Crippen LogP contribution is -2.17. The molecule has 0 aliphatic rings. The van der Waals surface area contributed by atoms with Crippen LogP contribution in [0.5, 0.6) is 5.75 Å². The Morgan fingerprint density at radius 3 is 2.78 bits per heavy atom. The number of likely N-dealkylation sites (N-methyl/N-ethyl adjacent to an activating group) is 1. The van der Waals surface area contributed by atoms with Gasteiger partial charge in [0.2, 0.25) is 0 Å². The lowest BCUT2D eigenvalue weighted by Gasteiger charge is -2.15. The van der Waals surface area contributed by atoms with Gasteiger partial charge in [-0.3, -0.25) is 0 Å². The van der Waals surface area contributed by atoms with Gasteiger partial charge in [-0.15, -0.1) is 11.3 Å². The molecule has 0 amide bonds. The third-order valence-electron chi connectivity index (χ3n) is 2.91. The second kappa shape index (κ2) is 6.23. The predicted molar refractivity (Wildman–Crippen MR) is 77.8 cm³/mol. The van der Waals surface area contributed by atoms with Gasteiger partial charge >= 0.3 is 0 Å². The second-order valence-corrected chi connectivity index (χ2v) is 5.38. The number of benzene rings is 1. The molecule has 4 heteroatoms. The first-order valence-corrected chi connectivity index (χ1v) is 7.03. The number of rotatable bonds is 5. The van der Waals surface area contributed by atoms with E-state index in [1.54, 1.807) is 18.4 Å². The van der Waals surface area contributed by atoms with E-state index in [2.05, 4.69) is 17.4 Å². The molecule has 2 rings (SSSR count). The average Bonchev–Trinajstić information content (AvgIpc) is 2.86. The van der Waals surface area contributed by atoms with Gasteiger partial charge in [0.15, 0.2) is 0 Å². The van der Waals surface area contributed by atoms with Gasteiger partial charge in [0, 0.05) is 21.3 Å². The Balaban J connectivity index is 2.17. The molecule has 0 spiro atoms. The van der Waals surface area contributed by atoms with Crippen LogP contribution in [0.3, 0.4) is 0 Å². The molecular formula is C14H16ClNOS. The molecule has 2 nitrogen and oxygen atoms in total. The molecule has 18 heavy (non-hydrogen) atoms. The quantitative estimate of drug-likeness (QED) is 0.897. The van der Waals surface area contributed by atoms with E-state index in [1.165, 1.54) is 4.88 Å². The van der Waals surface area contributed by atoms with Crippen molar-refractivity contribution in [1.29, 1.82) is 0 Å². The topological polar surface area (TPSA) is 21.3 Å². The van der Waals surface area contributed by atoms with Crippen LogP contribution in [0, 0.1) is 0 Å². The molecule has 1 aromatic heterocycles. The first-order valence-electron chi connectivity index (χ1n) is 5.77. The fourth-order valence-corrected chi connectivity index (χ4v) is 3.03. The fourth-order valence-electron chi connectivity index (χ4n) is 1.85. The van der Waals surface area contributed by atoms with Crippen molar-refractivity contribution in [3.8, 4) is 5.75 Å². The zero-order valence-electron chi connectivity index (χ0n) is 10.4. The second-order valence-electron chi connectivity index (χ2n) is 4.03. The molecule has 0 bridgehead atoms. The van der Waals surface area contributed by atoms with Crippen LogP contribution in [0.2, 0.25) is 5.02 Å². The molecule has 0 saturated carbocycles. The van der Waals surface area contributed by atoms with Crippen molar-refractivity contribution in [2.45, 2.75) is 12.5 Å². The summed E-state index contributed by atoms with van der Waals surface area (Å²) in [6.07, 6.45) is 0.875. The van der Waals surface area contributed by atoms with Crippen molar-refractivity contribution >= 4 is 22.9 Å². The summed E-state index contributed by atoms with van der Waals surface area (Å²) in [6, 6.07) is 10.3. The summed E-state index contributed by atoms with van der Waals surface area (Å²) in [6.45, 7) is 0. The zero-order chi connectivity index (χ0) is 13.0. The third-order valence-corrected chi connectivity index (χ3v) is 4.30. The SMILES string of the molecule is CNC(Cc1ccccc1Cl)c1cc(OC)cs1. The Hall–Kier alpha value is -1.03. The van der Waals surface area contributed by atoms with Crippen LogP contribution in [-0.2, 0) is 6.42 Å². The van der Waals surface area contributed by atoms with Crippen LogP contribution in [0.15, 0.2) is 35.7 Å². The molecule has 1 aromatic carbocycles. The summed E-state index contributed by atoms with van der Waals surface area (Å²) < 4.78 is 5.22. The molecule has 0 fully saturated rings. The Kier molecular flexibility index (Phi) is 4.64. The Morgan fingerprint density at radius 1 is 1.39 bits per heavy atom. The van der Waals surface area contributed by atoms with Gasteiger partial charge in [-0.25, -0.2) is 0 Å². The van der Waals surface area contributed by atoms with Gasteiger partial charge in [-0.05, 0) is 31.2 Å². The Labute approximate surface area is 117 Å². The summed E-state index contributed by atoms with van der Waals surface area (Å²) in [5.41, 5.74) is 1.16. The van der Waals surface area contributed by atoms with Crippen LogP contribution in [0.25, 0.3) is 0 Å². The van der Waals surface area contributed by atoms with E-state index >= 15 is 0 Å². The van der Waals surface area contributed by atoms with E-state index in [0.29, 0.717) is 0 Å². The molecule has 1 unspecified atom stereocenters. The van der Waals surface area contributed by atoms with Gasteiger partial charge in [-0.1, -0.05) is 29.8 Å². The highest BCUT2D eigenvalue weighted by Crippen LogP contribution is 2.30. The number of nitrogens with one attached hydrogen (secondary N) is 1. The minimum Gasteiger partial charge on any atom is -0.496 e. The summed E-state index contributed by atoms with van der Waals surface area (Å²) >= 11 is 7.90. The van der Waals surface area contributed by atoms with Crippen molar-refractivity contribution in [1.82, 2.24) is 5.32 Å². The largest absolute Gasteiger partial charge is 0.496 e. The van der Waals surface area contributed by atoms with Gasteiger partial charge in [0.05, 0.1) is 7.11 Å². The fraction of sp³-hybridized carbons (Fsp3) is 0.286. The van der Waals surface area contributed by atoms with Crippen molar-refractivity contribution < 1.29 is 4.74 Å². The van der Waals surface area contributed by atoms with Crippen LogP contribution < -0.4 is 10.1 Å². The molecule has 2 aromatic rings. The lowest BCUT2D eigenvalue weighted by molar-refractivity contribution is 0.416. The number of hydrogen-bond acceptors (Lipinski definition) is 3. The molecule has 96 valence electrons. The summed E-state index contributed by atoms with van der Waals surface area (Å²) in [5, 5.41) is 6.17. The van der Waals surface area contributed by atoms with Crippen molar-refractivity contribution in [2.75, 3.05) is 14.2 Å². The van der Waals surface area contributed by atoms with Crippen molar-refractivity contribution in [3.63, 3.8) is 0 Å². The van der Waals surface area contributed by atoms with E-state index in [9.17, 15) is 0 Å². The summed E-state index contributed by atoms with van der Waals surface area (Å²) in [4.78, 5) is 1.26. The van der Waals surface area contributed by atoms with Gasteiger partial charge in [0.1, 0.15) is 5.75 Å². The zero-order valence-corrected chi connectivity index (χ0v) is 12.0. The minimum absolute atomic E-state index is 0.263. The summed E-state index contributed by atoms with van der Waals surface area (Å²) in [5.74, 6) is 0.911. The Morgan fingerprint density at radius 2 is 2.17 bits per heavy atom. The molecule has 1 heterocycles. The maximum absolute atomic E-state index is 6.20. The highest BCUT2D eigenvalue weighted by molar-refractivity contribution is 7.10. The minimum atomic E-state index is 0.263. The standard InChI is InChI=1S/C14H16ClNOS/c1-16-13(14-8-11(17-2)9-18-14)7-10-5-3-4-6-12(10)15/h3-6,8-9,13,16H,7H2,1-2H3. The molecule has 0 aliphatic heterocycles. The number of ether oxygens (including phenoxy) is 1. The van der Waals surface area contributed by atoms with Gasteiger partial charge in [-0.2, -0.15) is 0 Å². The highest BCUT2D eigenvalue weighted by atomic mass is 35.5. The average molecular weight is 282 g/mol. The molecule has 1 N–H and O–H groups in total. The molecular weight excluding hydrogens is 266 g/mol. The molecule has 0 radical (unpaired) electrons. The van der Waals surface area contributed by atoms with E-state index in [1.807, 2.05) is 30.6 Å². The first kappa shape index (κ1) is 13.4. The van der Waals surface area contributed by atoms with Crippen LogP contribution in [-0.4, -0.2) is 14.2 Å². The molecule has 0 saturated heterocycles. The van der Waals surface area contributed by atoms with Gasteiger partial charge in [0.25, 0.3) is 0 Å². The predicted octanol–water partition coefficient (Wildman–Crippen LogP) is 3.91. The number of halogens is 1. The summed E-state index contributed by atoms with van der Waals surface area (Å²) in [7, 11) is 3.65. The van der Waals surface area contributed by atoms with Crippen molar-refractivity contribution in [3.05, 3.63) is 51.2 Å². The number of thiophene rings is 1. The van der Waals surface area contributed by atoms with Crippen LogP contribution in [0.1, 0.15) is 16.5 Å². The van der Waals surface area contributed by atoms with E-state index < -0.39 is 0 Å². The smallest absolute Gasteiger partial charge is 0.129 e. The Bertz CT molecular complexity index is 512. The van der Waals surface area contributed by atoms with Gasteiger partial charge < -0.3 is 10.1 Å². The third kappa shape index (κ3) is 3.05. The maximum Gasteiger partial charge on any atom is 0.129 e. The normalized spacial score (nSPS) is 12.4. The van der Waals surface area contributed by atoms with Crippen molar-refractivity contribution in [2.24, 2.45) is 0 Å². The van der Waals surface area contributed by atoms with Crippen LogP contribution in [0.4, 0.5) is 0 Å². The first-order chi connectivity index (χ1) is 8.74. The van der Waals surface area contributed by atoms with Crippen LogP contribution >= 0.6 is 22.9 Å². The van der Waals surface area contributed by atoms with E-state index in [0.717, 1.165) is 22.8 Å². The monoisotopic (exact) mass is 281 g/mol. The number of hydrogen-bond donors (Lipinski definition) is 1. The molecule has 1 atom stereocenters. The van der Waals surface area contributed by atoms with E-state index in [-0.39, 0.29) is 6.04 Å². The highest BCUT2D eigenvalue weighted by Gasteiger charge is 2.14. The molecule has 0 aliphatic carbocycles. The number of methoxy groups -OCH3 is 1.